The van der Waals surface area contributed by atoms with E-state index in [0.29, 0.717) is 0 Å². The first kappa shape index (κ1) is 14.4. The van der Waals surface area contributed by atoms with Crippen molar-refractivity contribution in [2.75, 3.05) is 26.9 Å². The number of rotatable bonds is 8. The highest BCUT2D eigenvalue weighted by atomic mass is 16.5. The van der Waals surface area contributed by atoms with Crippen LogP contribution in [0.4, 0.5) is 0 Å². The fraction of sp³-hybridized carbons (Fsp3) is 0.444. The lowest BCUT2D eigenvalue weighted by atomic mass is 10.1. The normalized spacial score (nSPS) is 14.5. The smallest absolute Gasteiger partial charge is 0.119 e. The van der Waals surface area contributed by atoms with Crippen molar-refractivity contribution >= 4 is 10.8 Å². The van der Waals surface area contributed by atoms with Gasteiger partial charge in [-0.2, -0.15) is 0 Å². The summed E-state index contributed by atoms with van der Waals surface area (Å²) in [5.41, 5.74) is 1.32. The molecule has 0 bridgehead atoms. The molecule has 0 radical (unpaired) electrons. The summed E-state index contributed by atoms with van der Waals surface area (Å²) >= 11 is 0. The summed E-state index contributed by atoms with van der Waals surface area (Å²) in [6.45, 7) is 2.57. The Morgan fingerprint density at radius 3 is 2.67 bits per heavy atom. The van der Waals surface area contributed by atoms with Gasteiger partial charge in [0.2, 0.25) is 0 Å². The molecule has 3 heteroatoms. The third-order valence-electron chi connectivity index (χ3n) is 3.90. The molecule has 3 nitrogen and oxygen atoms in total. The van der Waals surface area contributed by atoms with Crippen LogP contribution in [-0.2, 0) is 11.2 Å². The second-order valence-corrected chi connectivity index (χ2v) is 5.64. The van der Waals surface area contributed by atoms with Crippen molar-refractivity contribution in [1.29, 1.82) is 0 Å². The lowest BCUT2D eigenvalue weighted by Gasteiger charge is -2.07. The highest BCUT2D eigenvalue weighted by molar-refractivity contribution is 5.84. The standard InChI is InChI=1S/C18H23NO2/c1-20-18-7-4-15-12-14(2-3-16(15)13-18)8-10-21-11-9-19-17-5-6-17/h2-4,7,12-13,17,19H,5-6,8-11H2,1H3. The van der Waals surface area contributed by atoms with Gasteiger partial charge in [-0.3, -0.25) is 0 Å². The van der Waals surface area contributed by atoms with E-state index in [0.717, 1.165) is 38.0 Å². The van der Waals surface area contributed by atoms with E-state index in [-0.39, 0.29) is 0 Å². The summed E-state index contributed by atoms with van der Waals surface area (Å²) in [5.74, 6) is 0.904. The number of ether oxygens (including phenoxy) is 2. The maximum Gasteiger partial charge on any atom is 0.119 e. The highest BCUT2D eigenvalue weighted by Crippen LogP contribution is 2.22. The SMILES string of the molecule is COc1ccc2cc(CCOCCNC3CC3)ccc2c1. The largest absolute Gasteiger partial charge is 0.497 e. The zero-order valence-corrected chi connectivity index (χ0v) is 12.6. The van der Waals surface area contributed by atoms with Gasteiger partial charge in [0.05, 0.1) is 20.3 Å². The minimum atomic E-state index is 0.770. The molecule has 0 saturated heterocycles. The van der Waals surface area contributed by atoms with Gasteiger partial charge < -0.3 is 14.8 Å². The fourth-order valence-corrected chi connectivity index (χ4v) is 2.47. The molecule has 2 aromatic carbocycles. The maximum absolute atomic E-state index is 5.68. The van der Waals surface area contributed by atoms with Crippen molar-refractivity contribution in [3.8, 4) is 5.75 Å². The number of hydrogen-bond donors (Lipinski definition) is 1. The molecule has 0 amide bonds. The average Bonchev–Trinajstić information content (AvgIpc) is 3.34. The second-order valence-electron chi connectivity index (χ2n) is 5.64. The van der Waals surface area contributed by atoms with Gasteiger partial charge in [-0.15, -0.1) is 0 Å². The molecule has 0 aromatic heterocycles. The van der Waals surface area contributed by atoms with E-state index in [1.54, 1.807) is 7.11 Å². The molecule has 1 N–H and O–H groups in total. The van der Waals surface area contributed by atoms with Gasteiger partial charge in [-0.05, 0) is 47.7 Å². The van der Waals surface area contributed by atoms with E-state index in [4.69, 9.17) is 9.47 Å². The third-order valence-corrected chi connectivity index (χ3v) is 3.90. The van der Waals surface area contributed by atoms with Crippen LogP contribution in [-0.4, -0.2) is 32.9 Å². The molecular weight excluding hydrogens is 262 g/mol. The van der Waals surface area contributed by atoms with Crippen molar-refractivity contribution < 1.29 is 9.47 Å². The van der Waals surface area contributed by atoms with Gasteiger partial charge in [-0.25, -0.2) is 0 Å². The van der Waals surface area contributed by atoms with E-state index in [1.807, 2.05) is 6.07 Å². The molecule has 0 aliphatic heterocycles. The van der Waals surface area contributed by atoms with E-state index in [1.165, 1.54) is 29.2 Å². The van der Waals surface area contributed by atoms with E-state index in [9.17, 15) is 0 Å². The van der Waals surface area contributed by atoms with Crippen LogP contribution in [0.2, 0.25) is 0 Å². The van der Waals surface area contributed by atoms with Crippen LogP contribution in [0.15, 0.2) is 36.4 Å². The molecule has 1 fully saturated rings. The van der Waals surface area contributed by atoms with Crippen LogP contribution in [0.25, 0.3) is 10.8 Å². The van der Waals surface area contributed by atoms with E-state index >= 15 is 0 Å². The summed E-state index contributed by atoms with van der Waals surface area (Å²) in [5, 5.41) is 5.92. The van der Waals surface area contributed by atoms with E-state index in [2.05, 4.69) is 35.6 Å². The third kappa shape index (κ3) is 4.19. The summed E-state index contributed by atoms with van der Waals surface area (Å²) in [7, 11) is 1.70. The molecule has 0 atom stereocenters. The number of benzene rings is 2. The lowest BCUT2D eigenvalue weighted by molar-refractivity contribution is 0.138. The first-order valence-corrected chi connectivity index (χ1v) is 7.73. The molecule has 0 heterocycles. The Bertz CT molecular complexity index is 593. The van der Waals surface area contributed by atoms with Crippen LogP contribution in [0.3, 0.4) is 0 Å². The van der Waals surface area contributed by atoms with Gasteiger partial charge in [0, 0.05) is 12.6 Å². The van der Waals surface area contributed by atoms with Crippen LogP contribution < -0.4 is 10.1 Å². The Kier molecular flexibility index (Phi) is 4.73. The molecule has 0 spiro atoms. The van der Waals surface area contributed by atoms with Crippen LogP contribution in [0.1, 0.15) is 18.4 Å². The Hall–Kier alpha value is -1.58. The number of methoxy groups -OCH3 is 1. The first-order chi connectivity index (χ1) is 10.3. The van der Waals surface area contributed by atoms with Crippen molar-refractivity contribution in [3.63, 3.8) is 0 Å². The molecule has 1 aliphatic rings. The van der Waals surface area contributed by atoms with Gasteiger partial charge in [0.1, 0.15) is 5.75 Å². The van der Waals surface area contributed by atoms with Crippen LogP contribution in [0.5, 0.6) is 5.75 Å². The zero-order valence-electron chi connectivity index (χ0n) is 12.6. The Balaban J connectivity index is 1.47. The molecule has 2 aromatic rings. The van der Waals surface area contributed by atoms with Crippen molar-refractivity contribution in [1.82, 2.24) is 5.32 Å². The van der Waals surface area contributed by atoms with Crippen molar-refractivity contribution in [3.05, 3.63) is 42.0 Å². The average molecular weight is 285 g/mol. The predicted molar refractivity (Wildman–Crippen MR) is 86.0 cm³/mol. The van der Waals surface area contributed by atoms with E-state index < -0.39 is 0 Å². The summed E-state index contributed by atoms with van der Waals surface area (Å²) in [4.78, 5) is 0. The number of nitrogens with one attached hydrogen (secondary N) is 1. The molecule has 1 saturated carbocycles. The zero-order chi connectivity index (χ0) is 14.5. The highest BCUT2D eigenvalue weighted by Gasteiger charge is 2.19. The second kappa shape index (κ2) is 6.92. The van der Waals surface area contributed by atoms with Gasteiger partial charge >= 0.3 is 0 Å². The van der Waals surface area contributed by atoms with Gasteiger partial charge in [0.15, 0.2) is 0 Å². The molecule has 3 rings (SSSR count). The summed E-state index contributed by atoms with van der Waals surface area (Å²) < 4.78 is 10.9. The van der Waals surface area contributed by atoms with Crippen LogP contribution >= 0.6 is 0 Å². The molecule has 1 aliphatic carbocycles. The molecule has 112 valence electrons. The summed E-state index contributed by atoms with van der Waals surface area (Å²) in [6.07, 6.45) is 3.63. The minimum absolute atomic E-state index is 0.770. The van der Waals surface area contributed by atoms with Crippen LogP contribution in [0, 0.1) is 0 Å². The first-order valence-electron chi connectivity index (χ1n) is 7.73. The van der Waals surface area contributed by atoms with Crippen molar-refractivity contribution in [2.45, 2.75) is 25.3 Å². The molecule has 0 unspecified atom stereocenters. The van der Waals surface area contributed by atoms with Crippen molar-refractivity contribution in [2.24, 2.45) is 0 Å². The lowest BCUT2D eigenvalue weighted by Crippen LogP contribution is -2.22. The molecule has 21 heavy (non-hydrogen) atoms. The maximum atomic E-state index is 5.68. The number of fused-ring (bicyclic) bond motifs is 1. The Labute approximate surface area is 126 Å². The number of hydrogen-bond acceptors (Lipinski definition) is 3. The van der Waals surface area contributed by atoms with Gasteiger partial charge in [-0.1, -0.05) is 24.3 Å². The summed E-state index contributed by atoms with van der Waals surface area (Å²) in [6, 6.07) is 13.5. The molecular formula is C18H23NO2. The minimum Gasteiger partial charge on any atom is -0.497 e. The monoisotopic (exact) mass is 285 g/mol. The predicted octanol–water partition coefficient (Wildman–Crippen LogP) is 3.16. The topological polar surface area (TPSA) is 30.5 Å². The van der Waals surface area contributed by atoms with Gasteiger partial charge in [0.25, 0.3) is 0 Å². The quantitative estimate of drug-likeness (QED) is 0.756. The fourth-order valence-electron chi connectivity index (χ4n) is 2.47. The Morgan fingerprint density at radius 2 is 1.86 bits per heavy atom. The Morgan fingerprint density at radius 1 is 1.05 bits per heavy atom.